The number of nitrogens with zero attached hydrogens (tertiary/aromatic N) is 1. The Balaban J connectivity index is 1.72. The van der Waals surface area contributed by atoms with Gasteiger partial charge in [0.2, 0.25) is 10.0 Å². The van der Waals surface area contributed by atoms with Gasteiger partial charge in [-0.05, 0) is 56.6 Å². The summed E-state index contributed by atoms with van der Waals surface area (Å²) in [6, 6.07) is 0.853. The van der Waals surface area contributed by atoms with E-state index < -0.39 is 33.5 Å². The van der Waals surface area contributed by atoms with Crippen molar-refractivity contribution in [2.45, 2.75) is 57.2 Å². The van der Waals surface area contributed by atoms with Gasteiger partial charge in [0.15, 0.2) is 11.6 Å². The zero-order valence-electron chi connectivity index (χ0n) is 14.1. The van der Waals surface area contributed by atoms with E-state index in [0.29, 0.717) is 18.9 Å². The van der Waals surface area contributed by atoms with Crippen molar-refractivity contribution in [2.75, 3.05) is 5.75 Å². The molecule has 2 unspecified atom stereocenters. The van der Waals surface area contributed by atoms with E-state index in [1.165, 1.54) is 0 Å². The summed E-state index contributed by atoms with van der Waals surface area (Å²) in [5.41, 5.74) is 6.28. The number of benzene rings is 1. The van der Waals surface area contributed by atoms with Crippen LogP contribution < -0.4 is 5.73 Å². The minimum absolute atomic E-state index is 0.0355. The highest BCUT2D eigenvalue weighted by Crippen LogP contribution is 2.41. The summed E-state index contributed by atoms with van der Waals surface area (Å²) >= 11 is 0. The highest BCUT2D eigenvalue weighted by molar-refractivity contribution is 7.89. The van der Waals surface area contributed by atoms with Gasteiger partial charge in [0.1, 0.15) is 5.82 Å². The Bertz CT molecular complexity index is 743. The molecule has 1 aromatic carbocycles. The molecular formula is C17H23F3N2O2S. The van der Waals surface area contributed by atoms with Gasteiger partial charge in [-0.2, -0.15) is 4.31 Å². The quantitative estimate of drug-likeness (QED) is 0.804. The molecular weight excluding hydrogens is 353 g/mol. The smallest absolute Gasteiger partial charge is 0.214 e. The van der Waals surface area contributed by atoms with Crippen LogP contribution in [0, 0.1) is 23.4 Å². The van der Waals surface area contributed by atoms with Crippen molar-refractivity contribution in [3.63, 3.8) is 0 Å². The highest BCUT2D eigenvalue weighted by atomic mass is 32.2. The van der Waals surface area contributed by atoms with E-state index in [0.717, 1.165) is 18.9 Å². The fraction of sp³-hybridized carbons (Fsp3) is 0.647. The van der Waals surface area contributed by atoms with Crippen molar-refractivity contribution in [3.8, 4) is 0 Å². The molecule has 1 aromatic rings. The Morgan fingerprint density at radius 3 is 2.24 bits per heavy atom. The first kappa shape index (κ1) is 18.7. The molecule has 0 amide bonds. The molecule has 0 aliphatic carbocycles. The van der Waals surface area contributed by atoms with E-state index >= 15 is 0 Å². The zero-order chi connectivity index (χ0) is 18.4. The van der Waals surface area contributed by atoms with Crippen LogP contribution in [0.15, 0.2) is 12.1 Å². The van der Waals surface area contributed by atoms with Crippen LogP contribution in [0.3, 0.4) is 0 Å². The lowest BCUT2D eigenvalue weighted by atomic mass is 9.83. The molecule has 2 N–H and O–H groups in total. The normalized spacial score (nSPS) is 28.3. The Kier molecular flexibility index (Phi) is 5.14. The molecule has 4 nitrogen and oxygen atoms in total. The van der Waals surface area contributed by atoms with E-state index in [2.05, 4.69) is 0 Å². The molecule has 2 bridgehead atoms. The number of sulfonamides is 1. The molecule has 0 aromatic heterocycles. The van der Waals surface area contributed by atoms with Crippen LogP contribution in [0.5, 0.6) is 0 Å². The van der Waals surface area contributed by atoms with Crippen molar-refractivity contribution in [1.82, 2.24) is 4.31 Å². The molecule has 3 rings (SSSR count). The Labute approximate surface area is 146 Å². The van der Waals surface area contributed by atoms with Crippen LogP contribution in [0.1, 0.15) is 38.2 Å². The SMILES string of the molecule is CCS(=O)(=O)N1C2CCC1CC([C@H](N)Cc1cc(F)c(F)cc1F)C2. The predicted octanol–water partition coefficient (Wildman–Crippen LogP) is 2.57. The second-order valence-corrected chi connectivity index (χ2v) is 9.24. The minimum Gasteiger partial charge on any atom is -0.327 e. The summed E-state index contributed by atoms with van der Waals surface area (Å²) in [7, 11) is -3.24. The number of nitrogens with two attached hydrogens (primary N) is 1. The van der Waals surface area contributed by atoms with Gasteiger partial charge in [0.05, 0.1) is 5.75 Å². The van der Waals surface area contributed by atoms with Gasteiger partial charge in [-0.25, -0.2) is 21.6 Å². The summed E-state index contributed by atoms with van der Waals surface area (Å²) in [5.74, 6) is -2.99. The Morgan fingerprint density at radius 2 is 1.68 bits per heavy atom. The van der Waals surface area contributed by atoms with Gasteiger partial charge in [0, 0.05) is 24.2 Å². The Hall–Kier alpha value is -1.12. The summed E-state index contributed by atoms with van der Waals surface area (Å²) in [6.07, 6.45) is 2.98. The zero-order valence-corrected chi connectivity index (χ0v) is 14.9. The lowest BCUT2D eigenvalue weighted by Crippen LogP contribution is -2.50. The molecule has 25 heavy (non-hydrogen) atoms. The standard InChI is InChI=1S/C17H23F3N2O2S/c1-2-25(23,24)22-12-3-4-13(22)6-11(5-12)17(21)8-10-7-15(19)16(20)9-14(10)18/h7,9,11-13,17H,2-6,8,21H2,1H3/t11?,12?,13?,17-/m1/s1. The Morgan fingerprint density at radius 1 is 1.12 bits per heavy atom. The molecule has 140 valence electrons. The van der Waals surface area contributed by atoms with Crippen molar-refractivity contribution >= 4 is 10.0 Å². The molecule has 2 aliphatic heterocycles. The molecule has 2 aliphatic rings. The van der Waals surface area contributed by atoms with E-state index in [9.17, 15) is 21.6 Å². The van der Waals surface area contributed by atoms with E-state index in [4.69, 9.17) is 5.73 Å². The van der Waals surface area contributed by atoms with Crippen molar-refractivity contribution in [1.29, 1.82) is 0 Å². The predicted molar refractivity (Wildman–Crippen MR) is 88.8 cm³/mol. The van der Waals surface area contributed by atoms with Gasteiger partial charge < -0.3 is 5.73 Å². The monoisotopic (exact) mass is 376 g/mol. The average molecular weight is 376 g/mol. The number of piperidine rings is 1. The largest absolute Gasteiger partial charge is 0.327 e. The van der Waals surface area contributed by atoms with Gasteiger partial charge in [-0.1, -0.05) is 0 Å². The second kappa shape index (κ2) is 6.89. The number of halogens is 3. The van der Waals surface area contributed by atoms with Crippen molar-refractivity contribution < 1.29 is 21.6 Å². The van der Waals surface area contributed by atoms with Gasteiger partial charge in [0.25, 0.3) is 0 Å². The van der Waals surface area contributed by atoms with Crippen LogP contribution in [0.2, 0.25) is 0 Å². The summed E-state index contributed by atoms with van der Waals surface area (Å²) in [4.78, 5) is 0. The number of rotatable bonds is 5. The maximum Gasteiger partial charge on any atom is 0.214 e. The van der Waals surface area contributed by atoms with E-state index in [-0.39, 0.29) is 35.7 Å². The highest BCUT2D eigenvalue weighted by Gasteiger charge is 2.47. The number of fused-ring (bicyclic) bond motifs is 2. The fourth-order valence-electron chi connectivity index (χ4n) is 4.27. The first-order chi connectivity index (χ1) is 11.7. The van der Waals surface area contributed by atoms with Crippen molar-refractivity contribution in [3.05, 3.63) is 35.1 Å². The van der Waals surface area contributed by atoms with Crippen molar-refractivity contribution in [2.24, 2.45) is 11.7 Å². The van der Waals surface area contributed by atoms with Crippen LogP contribution in [0.25, 0.3) is 0 Å². The molecule has 3 atom stereocenters. The van der Waals surface area contributed by atoms with Crippen LogP contribution in [-0.2, 0) is 16.4 Å². The fourth-order valence-corrected chi connectivity index (χ4v) is 5.86. The third-order valence-corrected chi connectivity index (χ3v) is 7.51. The average Bonchev–Trinajstić information content (AvgIpc) is 2.84. The van der Waals surface area contributed by atoms with Crippen LogP contribution in [0.4, 0.5) is 13.2 Å². The molecule has 0 spiro atoms. The number of hydrogen-bond acceptors (Lipinski definition) is 3. The lowest BCUT2D eigenvalue weighted by Gasteiger charge is -2.40. The van der Waals surface area contributed by atoms with E-state index in [1.54, 1.807) is 11.2 Å². The summed E-state index contributed by atoms with van der Waals surface area (Å²) in [6.45, 7) is 1.64. The first-order valence-electron chi connectivity index (χ1n) is 8.63. The minimum atomic E-state index is -3.24. The van der Waals surface area contributed by atoms with Crippen LogP contribution >= 0.6 is 0 Å². The second-order valence-electron chi connectivity index (χ2n) is 7.07. The molecule has 2 saturated heterocycles. The maximum absolute atomic E-state index is 13.8. The number of hydrogen-bond donors (Lipinski definition) is 1. The topological polar surface area (TPSA) is 63.4 Å². The molecule has 2 heterocycles. The third kappa shape index (κ3) is 3.57. The summed E-state index contributed by atoms with van der Waals surface area (Å²) in [5, 5.41) is 0. The first-order valence-corrected chi connectivity index (χ1v) is 10.2. The maximum atomic E-state index is 13.8. The van der Waals surface area contributed by atoms with Gasteiger partial charge in [-0.3, -0.25) is 0 Å². The van der Waals surface area contributed by atoms with E-state index in [1.807, 2.05) is 0 Å². The molecule has 2 fully saturated rings. The molecule has 8 heteroatoms. The van der Waals surface area contributed by atoms with Gasteiger partial charge >= 0.3 is 0 Å². The molecule has 0 radical (unpaired) electrons. The molecule has 0 saturated carbocycles. The van der Waals surface area contributed by atoms with Gasteiger partial charge in [-0.15, -0.1) is 0 Å². The van der Waals surface area contributed by atoms with Crippen LogP contribution in [-0.4, -0.2) is 36.6 Å². The summed E-state index contributed by atoms with van der Waals surface area (Å²) < 4.78 is 66.4. The lowest BCUT2D eigenvalue weighted by molar-refractivity contribution is 0.170. The third-order valence-electron chi connectivity index (χ3n) is 5.54.